The summed E-state index contributed by atoms with van der Waals surface area (Å²) < 4.78 is 5.54. The van der Waals surface area contributed by atoms with Crippen molar-refractivity contribution in [2.75, 3.05) is 18.5 Å². The fourth-order valence-corrected chi connectivity index (χ4v) is 2.02. The first-order chi connectivity index (χ1) is 8.79. The first kappa shape index (κ1) is 15.8. The predicted molar refractivity (Wildman–Crippen MR) is 79.1 cm³/mol. The van der Waals surface area contributed by atoms with Crippen LogP contribution in [0, 0.1) is 0 Å². The molecule has 1 aromatic carbocycles. The molecule has 0 aliphatic carbocycles. The monoisotopic (exact) mass is 284 g/mol. The number of hydrogen-bond acceptors (Lipinski definition) is 3. The van der Waals surface area contributed by atoms with Crippen LogP contribution in [0.2, 0.25) is 0 Å². The summed E-state index contributed by atoms with van der Waals surface area (Å²) in [7, 11) is 0. The van der Waals surface area contributed by atoms with E-state index >= 15 is 0 Å². The third kappa shape index (κ3) is 4.73. The lowest BCUT2D eigenvalue weighted by Crippen LogP contribution is -2.35. The van der Waals surface area contributed by atoms with Gasteiger partial charge in [0.2, 0.25) is 5.91 Å². The van der Waals surface area contributed by atoms with E-state index in [9.17, 15) is 4.79 Å². The zero-order valence-corrected chi connectivity index (χ0v) is 12.0. The highest BCUT2D eigenvalue weighted by Gasteiger charge is 2.21. The first-order valence-electron chi connectivity index (χ1n) is 6.56. The highest BCUT2D eigenvalue weighted by molar-refractivity contribution is 5.95. The summed E-state index contributed by atoms with van der Waals surface area (Å²) >= 11 is 0. The van der Waals surface area contributed by atoms with E-state index in [0.717, 1.165) is 37.2 Å². The largest absolute Gasteiger partial charge is 0.494 e. The Bertz CT molecular complexity index is 406. The molecule has 1 unspecified atom stereocenters. The molecule has 0 radical (unpaired) electrons. The third-order valence-corrected chi connectivity index (χ3v) is 2.95. The number of anilines is 1. The molecule has 2 N–H and O–H groups in total. The first-order valence-corrected chi connectivity index (χ1v) is 6.56. The summed E-state index contributed by atoms with van der Waals surface area (Å²) in [6, 6.07) is 7.49. The SMILES string of the molecule is CCCOc1cccc(NC(=O)C2CCCN2)c1.Cl. The highest BCUT2D eigenvalue weighted by Crippen LogP contribution is 2.18. The minimum absolute atomic E-state index is 0. The minimum Gasteiger partial charge on any atom is -0.494 e. The van der Waals surface area contributed by atoms with Gasteiger partial charge in [0.1, 0.15) is 5.75 Å². The number of carbonyl (C=O) groups excluding carboxylic acids is 1. The molecule has 2 rings (SSSR count). The summed E-state index contributed by atoms with van der Waals surface area (Å²) in [5.41, 5.74) is 0.794. The number of amides is 1. The third-order valence-electron chi connectivity index (χ3n) is 2.95. The fourth-order valence-electron chi connectivity index (χ4n) is 2.02. The molecule has 1 atom stereocenters. The van der Waals surface area contributed by atoms with Crippen LogP contribution in [0.15, 0.2) is 24.3 Å². The van der Waals surface area contributed by atoms with E-state index in [4.69, 9.17) is 4.74 Å². The molecule has 0 spiro atoms. The van der Waals surface area contributed by atoms with Gasteiger partial charge in [-0.25, -0.2) is 0 Å². The maximum atomic E-state index is 11.9. The van der Waals surface area contributed by atoms with Crippen LogP contribution in [0.1, 0.15) is 26.2 Å². The van der Waals surface area contributed by atoms with Gasteiger partial charge in [-0.05, 0) is 37.9 Å². The van der Waals surface area contributed by atoms with Gasteiger partial charge in [-0.3, -0.25) is 4.79 Å². The number of halogens is 1. The molecule has 106 valence electrons. The van der Waals surface area contributed by atoms with Crippen LogP contribution < -0.4 is 15.4 Å². The lowest BCUT2D eigenvalue weighted by atomic mass is 10.2. The molecule has 1 saturated heterocycles. The molecule has 5 heteroatoms. The molecular weight excluding hydrogens is 264 g/mol. The Morgan fingerprint density at radius 1 is 1.53 bits per heavy atom. The molecule has 1 heterocycles. The normalized spacial score (nSPS) is 17.6. The Morgan fingerprint density at radius 2 is 2.37 bits per heavy atom. The Morgan fingerprint density at radius 3 is 3.05 bits per heavy atom. The molecule has 1 aliphatic rings. The second kappa shape index (κ2) is 8.02. The summed E-state index contributed by atoms with van der Waals surface area (Å²) in [6.45, 7) is 3.69. The Hall–Kier alpha value is -1.26. The standard InChI is InChI=1S/C14H20N2O2.ClH/c1-2-9-18-12-6-3-5-11(10-12)16-14(17)13-7-4-8-15-13;/h3,5-6,10,13,15H,2,4,7-9H2,1H3,(H,16,17);1H. The Balaban J connectivity index is 0.00000180. The van der Waals surface area contributed by atoms with Crippen molar-refractivity contribution < 1.29 is 9.53 Å². The van der Waals surface area contributed by atoms with Crippen LogP contribution >= 0.6 is 12.4 Å². The lowest BCUT2D eigenvalue weighted by Gasteiger charge is -2.12. The van der Waals surface area contributed by atoms with Crippen molar-refractivity contribution in [2.24, 2.45) is 0 Å². The highest BCUT2D eigenvalue weighted by atomic mass is 35.5. The van der Waals surface area contributed by atoms with Gasteiger partial charge < -0.3 is 15.4 Å². The minimum atomic E-state index is -0.0507. The van der Waals surface area contributed by atoms with Crippen LogP contribution in [0.25, 0.3) is 0 Å². The molecule has 1 aliphatic heterocycles. The quantitative estimate of drug-likeness (QED) is 0.874. The number of benzene rings is 1. The maximum Gasteiger partial charge on any atom is 0.241 e. The van der Waals surface area contributed by atoms with Crippen LogP contribution in [0.4, 0.5) is 5.69 Å². The van der Waals surface area contributed by atoms with Gasteiger partial charge in [0.05, 0.1) is 12.6 Å². The number of ether oxygens (including phenoxy) is 1. The molecule has 1 fully saturated rings. The summed E-state index contributed by atoms with van der Waals surface area (Å²) in [5, 5.41) is 6.10. The number of hydrogen-bond donors (Lipinski definition) is 2. The smallest absolute Gasteiger partial charge is 0.241 e. The molecule has 1 amide bonds. The van der Waals surface area contributed by atoms with Crippen molar-refractivity contribution in [1.82, 2.24) is 5.32 Å². The molecule has 1 aromatic rings. The molecule has 0 aromatic heterocycles. The van der Waals surface area contributed by atoms with Crippen molar-refractivity contribution >= 4 is 24.0 Å². The zero-order valence-electron chi connectivity index (χ0n) is 11.1. The van der Waals surface area contributed by atoms with Gasteiger partial charge in [0, 0.05) is 11.8 Å². The van der Waals surface area contributed by atoms with Crippen LogP contribution in [-0.4, -0.2) is 25.1 Å². The summed E-state index contributed by atoms with van der Waals surface area (Å²) in [4.78, 5) is 11.9. The van der Waals surface area contributed by atoms with E-state index in [1.807, 2.05) is 24.3 Å². The lowest BCUT2D eigenvalue weighted by molar-refractivity contribution is -0.117. The number of nitrogens with one attached hydrogen (secondary N) is 2. The van der Waals surface area contributed by atoms with E-state index in [-0.39, 0.29) is 24.4 Å². The summed E-state index contributed by atoms with van der Waals surface area (Å²) in [6.07, 6.45) is 2.96. The van der Waals surface area contributed by atoms with E-state index < -0.39 is 0 Å². The van der Waals surface area contributed by atoms with Crippen molar-refractivity contribution in [1.29, 1.82) is 0 Å². The van der Waals surface area contributed by atoms with Crippen molar-refractivity contribution in [2.45, 2.75) is 32.2 Å². The van der Waals surface area contributed by atoms with E-state index in [1.54, 1.807) is 0 Å². The van der Waals surface area contributed by atoms with Gasteiger partial charge >= 0.3 is 0 Å². The number of carbonyl (C=O) groups is 1. The molecule has 0 saturated carbocycles. The van der Waals surface area contributed by atoms with Gasteiger partial charge in [0.25, 0.3) is 0 Å². The van der Waals surface area contributed by atoms with Crippen LogP contribution in [0.3, 0.4) is 0 Å². The van der Waals surface area contributed by atoms with E-state index in [2.05, 4.69) is 17.6 Å². The topological polar surface area (TPSA) is 50.4 Å². The molecular formula is C14H21ClN2O2. The van der Waals surface area contributed by atoms with Crippen molar-refractivity contribution in [3.05, 3.63) is 24.3 Å². The Labute approximate surface area is 120 Å². The van der Waals surface area contributed by atoms with Crippen LogP contribution in [0.5, 0.6) is 5.75 Å². The fraction of sp³-hybridized carbons (Fsp3) is 0.500. The van der Waals surface area contributed by atoms with Gasteiger partial charge in [-0.1, -0.05) is 13.0 Å². The maximum absolute atomic E-state index is 11.9. The van der Waals surface area contributed by atoms with Crippen molar-refractivity contribution in [3.63, 3.8) is 0 Å². The average Bonchev–Trinajstić information content (AvgIpc) is 2.91. The number of rotatable bonds is 5. The second-order valence-corrected chi connectivity index (χ2v) is 4.51. The average molecular weight is 285 g/mol. The molecule has 4 nitrogen and oxygen atoms in total. The Kier molecular flexibility index (Phi) is 6.67. The van der Waals surface area contributed by atoms with E-state index in [0.29, 0.717) is 6.61 Å². The van der Waals surface area contributed by atoms with Crippen LogP contribution in [-0.2, 0) is 4.79 Å². The summed E-state index contributed by atoms with van der Waals surface area (Å²) in [5.74, 6) is 0.842. The molecule has 0 bridgehead atoms. The van der Waals surface area contributed by atoms with Crippen molar-refractivity contribution in [3.8, 4) is 5.75 Å². The molecule has 19 heavy (non-hydrogen) atoms. The van der Waals surface area contributed by atoms with Gasteiger partial charge in [0.15, 0.2) is 0 Å². The zero-order chi connectivity index (χ0) is 12.8. The second-order valence-electron chi connectivity index (χ2n) is 4.51. The van der Waals surface area contributed by atoms with Gasteiger partial charge in [-0.2, -0.15) is 0 Å². The van der Waals surface area contributed by atoms with Gasteiger partial charge in [-0.15, -0.1) is 12.4 Å². The predicted octanol–water partition coefficient (Wildman–Crippen LogP) is 2.59. The van der Waals surface area contributed by atoms with E-state index in [1.165, 1.54) is 0 Å².